The number of pyridine rings is 1. The molecule has 1 saturated heterocycles. The predicted molar refractivity (Wildman–Crippen MR) is 164 cm³/mol. The van der Waals surface area contributed by atoms with E-state index in [-0.39, 0.29) is 35.4 Å². The molecule has 2 aliphatic rings. The van der Waals surface area contributed by atoms with Gasteiger partial charge in [0.15, 0.2) is 0 Å². The lowest BCUT2D eigenvalue weighted by Gasteiger charge is -2.40. The number of halogens is 3. The highest BCUT2D eigenvalue weighted by Crippen LogP contribution is 2.40. The van der Waals surface area contributed by atoms with E-state index in [2.05, 4.69) is 20.5 Å². The molecule has 6 rings (SSSR count). The number of nitrogens with zero attached hydrogens (tertiary/aromatic N) is 5. The smallest absolute Gasteiger partial charge is 0.252 e. The van der Waals surface area contributed by atoms with Gasteiger partial charge in [-0.15, -0.1) is 0 Å². The van der Waals surface area contributed by atoms with Crippen molar-refractivity contribution in [2.45, 2.75) is 49.7 Å². The van der Waals surface area contributed by atoms with E-state index in [1.807, 2.05) is 12.1 Å². The molecule has 10 nitrogen and oxygen atoms in total. The Morgan fingerprint density at radius 1 is 1.18 bits per heavy atom. The monoisotopic (exact) mass is 628 g/mol. The quantitative estimate of drug-likeness (QED) is 0.171. The molecule has 1 unspecified atom stereocenters. The summed E-state index contributed by atoms with van der Waals surface area (Å²) in [5.74, 6) is -3.70. The largest absolute Gasteiger partial charge is 0.351 e. The normalized spacial score (nSPS) is 18.1. The van der Waals surface area contributed by atoms with Gasteiger partial charge in [0.2, 0.25) is 11.8 Å². The number of hydrogen-bond acceptors (Lipinski definition) is 6. The van der Waals surface area contributed by atoms with E-state index in [0.29, 0.717) is 16.8 Å². The van der Waals surface area contributed by atoms with Crippen LogP contribution in [-0.4, -0.2) is 50.8 Å². The molecule has 0 spiro atoms. The third kappa shape index (κ3) is 5.99. The van der Waals surface area contributed by atoms with Crippen LogP contribution in [0, 0.1) is 16.7 Å². The molecule has 3 heterocycles. The molecule has 1 saturated carbocycles. The van der Waals surface area contributed by atoms with Crippen LogP contribution in [0.4, 0.5) is 20.3 Å². The molecule has 1 aliphatic carbocycles. The van der Waals surface area contributed by atoms with Gasteiger partial charge in [-0.3, -0.25) is 25.0 Å². The van der Waals surface area contributed by atoms with Crippen molar-refractivity contribution >= 4 is 40.8 Å². The van der Waals surface area contributed by atoms with E-state index in [0.717, 1.165) is 11.1 Å². The molecule has 4 aromatic rings. The molecule has 1 aliphatic heterocycles. The average molecular weight is 629 g/mol. The van der Waals surface area contributed by atoms with Crippen molar-refractivity contribution in [3.63, 3.8) is 0 Å². The summed E-state index contributed by atoms with van der Waals surface area (Å²) >= 11 is 6.67. The van der Waals surface area contributed by atoms with E-state index >= 15 is 0 Å². The Morgan fingerprint density at radius 2 is 1.98 bits per heavy atom. The van der Waals surface area contributed by atoms with Gasteiger partial charge in [-0.2, -0.15) is 10.4 Å². The van der Waals surface area contributed by atoms with Crippen molar-refractivity contribution in [3.05, 3.63) is 95.4 Å². The Morgan fingerprint density at radius 3 is 2.69 bits per heavy atom. The fourth-order valence-corrected chi connectivity index (χ4v) is 6.06. The summed E-state index contributed by atoms with van der Waals surface area (Å²) in [5.41, 5.74) is 2.56. The standard InChI is InChI=1S/C32H27ClF2N8O2/c33-25-7-2-1-6-24(25)29(31(45)41-22-14-32(34,35)15-22)42(23-5-3-4-20(13-23)21-17-39-40-18-21)30(37)26-8-9-28(44)43(26)27-12-19(16-36)10-11-38-27/h1-7,10-13,17-18,22,26,29,37H,8-9,14-15H2,(H,39,40)(H,41,45)/t26-,29?/m0/s1. The molecule has 2 aromatic carbocycles. The van der Waals surface area contributed by atoms with Crippen LogP contribution in [0.2, 0.25) is 5.02 Å². The van der Waals surface area contributed by atoms with Gasteiger partial charge in [0, 0.05) is 59.5 Å². The molecule has 2 atom stereocenters. The number of aromatic nitrogens is 3. The lowest BCUT2D eigenvalue weighted by molar-refractivity contribution is -0.130. The Bertz CT molecular complexity index is 1800. The van der Waals surface area contributed by atoms with Crippen LogP contribution in [0.15, 0.2) is 79.3 Å². The van der Waals surface area contributed by atoms with E-state index < -0.39 is 42.8 Å². The fourth-order valence-electron chi connectivity index (χ4n) is 5.82. The summed E-state index contributed by atoms with van der Waals surface area (Å²) in [4.78, 5) is 34.6. The minimum atomic E-state index is -2.86. The number of amides is 2. The maximum atomic E-state index is 14.2. The second kappa shape index (κ2) is 12.1. The van der Waals surface area contributed by atoms with Gasteiger partial charge in [0.05, 0.1) is 23.9 Å². The number of nitrogens with one attached hydrogen (secondary N) is 3. The zero-order valence-corrected chi connectivity index (χ0v) is 24.5. The van der Waals surface area contributed by atoms with Crippen molar-refractivity contribution in [1.82, 2.24) is 20.5 Å². The SMILES string of the molecule is N#Cc1ccnc(N2C(=O)CC[C@H]2C(=N)N(c2cccc(-c3cn[nH]c3)c2)C(C(=O)NC2CC(F)(F)C2)c2ccccc2Cl)c1. The zero-order chi connectivity index (χ0) is 31.7. The Balaban J connectivity index is 1.48. The molecule has 2 amide bonds. The number of anilines is 2. The molecular formula is C32H27ClF2N8O2. The highest BCUT2D eigenvalue weighted by molar-refractivity contribution is 6.31. The van der Waals surface area contributed by atoms with Crippen LogP contribution in [0.5, 0.6) is 0 Å². The minimum Gasteiger partial charge on any atom is -0.351 e. The van der Waals surface area contributed by atoms with Gasteiger partial charge in [-0.1, -0.05) is 41.9 Å². The summed E-state index contributed by atoms with van der Waals surface area (Å²) in [5, 5.41) is 28.9. The fraction of sp³-hybridized carbons (Fsp3) is 0.250. The Labute approximate surface area is 262 Å². The molecule has 0 bridgehead atoms. The van der Waals surface area contributed by atoms with Crippen LogP contribution >= 0.6 is 11.6 Å². The molecule has 3 N–H and O–H groups in total. The van der Waals surface area contributed by atoms with Crippen LogP contribution in [0.25, 0.3) is 11.1 Å². The summed E-state index contributed by atoms with van der Waals surface area (Å²) < 4.78 is 27.5. The molecule has 13 heteroatoms. The van der Waals surface area contributed by atoms with E-state index in [4.69, 9.17) is 11.6 Å². The molecule has 228 valence electrons. The second-order valence-corrected chi connectivity index (χ2v) is 11.4. The summed E-state index contributed by atoms with van der Waals surface area (Å²) in [6, 6.07) is 15.9. The zero-order valence-electron chi connectivity index (χ0n) is 23.8. The predicted octanol–water partition coefficient (Wildman–Crippen LogP) is 5.63. The first-order valence-electron chi connectivity index (χ1n) is 14.2. The van der Waals surface area contributed by atoms with Gasteiger partial charge in [-0.25, -0.2) is 13.8 Å². The Hall–Kier alpha value is -5.15. The maximum Gasteiger partial charge on any atom is 0.252 e. The maximum absolute atomic E-state index is 14.2. The molecule has 2 aromatic heterocycles. The third-order valence-corrected chi connectivity index (χ3v) is 8.35. The lowest BCUT2D eigenvalue weighted by Crippen LogP contribution is -2.56. The molecular weight excluding hydrogens is 602 g/mol. The Kier molecular flexibility index (Phi) is 8.03. The van der Waals surface area contributed by atoms with Gasteiger partial charge in [0.1, 0.15) is 17.7 Å². The average Bonchev–Trinajstić information content (AvgIpc) is 3.70. The van der Waals surface area contributed by atoms with Crippen molar-refractivity contribution in [3.8, 4) is 17.2 Å². The van der Waals surface area contributed by atoms with Crippen molar-refractivity contribution < 1.29 is 18.4 Å². The highest BCUT2D eigenvalue weighted by atomic mass is 35.5. The minimum absolute atomic E-state index is 0.106. The highest BCUT2D eigenvalue weighted by Gasteiger charge is 2.48. The number of alkyl halides is 2. The summed E-state index contributed by atoms with van der Waals surface area (Å²) in [7, 11) is 0. The third-order valence-electron chi connectivity index (χ3n) is 8.01. The van der Waals surface area contributed by atoms with Crippen LogP contribution in [-0.2, 0) is 9.59 Å². The number of nitriles is 1. The summed E-state index contributed by atoms with van der Waals surface area (Å²) in [6.45, 7) is 0. The number of aromatic amines is 1. The summed E-state index contributed by atoms with van der Waals surface area (Å²) in [6.07, 6.45) is 4.11. The van der Waals surface area contributed by atoms with E-state index in [1.165, 1.54) is 28.1 Å². The number of rotatable bonds is 8. The number of amidine groups is 1. The lowest BCUT2D eigenvalue weighted by atomic mass is 9.87. The van der Waals surface area contributed by atoms with Crippen LogP contribution in [0.1, 0.15) is 42.9 Å². The first-order valence-corrected chi connectivity index (χ1v) is 14.6. The molecule has 0 radical (unpaired) electrons. The van der Waals surface area contributed by atoms with Gasteiger partial charge < -0.3 is 10.2 Å². The van der Waals surface area contributed by atoms with Crippen molar-refractivity contribution in [1.29, 1.82) is 10.7 Å². The first kappa shape index (κ1) is 29.9. The van der Waals surface area contributed by atoms with Gasteiger partial charge in [-0.05, 0) is 42.3 Å². The van der Waals surface area contributed by atoms with Crippen molar-refractivity contribution in [2.24, 2.45) is 0 Å². The topological polar surface area (TPSA) is 142 Å². The number of H-pyrrole nitrogens is 1. The number of carbonyl (C=O) groups is 2. The molecule has 45 heavy (non-hydrogen) atoms. The molecule has 2 fully saturated rings. The van der Waals surface area contributed by atoms with Crippen molar-refractivity contribution in [2.75, 3.05) is 9.80 Å². The van der Waals surface area contributed by atoms with E-state index in [9.17, 15) is 29.0 Å². The van der Waals surface area contributed by atoms with E-state index in [1.54, 1.807) is 54.9 Å². The number of benzene rings is 2. The van der Waals surface area contributed by atoms with Crippen LogP contribution in [0.3, 0.4) is 0 Å². The van der Waals surface area contributed by atoms with Crippen LogP contribution < -0.4 is 15.1 Å². The number of carbonyl (C=O) groups excluding carboxylic acids is 2. The second-order valence-electron chi connectivity index (χ2n) is 11.0. The first-order chi connectivity index (χ1) is 21.6. The van der Waals surface area contributed by atoms with Gasteiger partial charge in [0.25, 0.3) is 5.92 Å². The number of hydrogen-bond donors (Lipinski definition) is 3. The van der Waals surface area contributed by atoms with Gasteiger partial charge >= 0.3 is 0 Å².